The summed E-state index contributed by atoms with van der Waals surface area (Å²) < 4.78 is 0. The molecule has 2 amide bonds. The molecule has 0 saturated carbocycles. The molecule has 160 valence electrons. The normalized spacial score (nSPS) is 15.2. The predicted octanol–water partition coefficient (Wildman–Crippen LogP) is 3.21. The number of piperidine rings is 1. The number of hydrogen-bond donors (Lipinski definition) is 2. The third-order valence-corrected chi connectivity index (χ3v) is 5.62. The highest BCUT2D eigenvalue weighted by Crippen LogP contribution is 2.19. The molecule has 6 heteroatoms. The van der Waals surface area contributed by atoms with Gasteiger partial charge in [0.15, 0.2) is 0 Å². The molecule has 1 aromatic carbocycles. The Hall–Kier alpha value is -2.73. The van der Waals surface area contributed by atoms with Crippen LogP contribution >= 0.6 is 0 Å². The summed E-state index contributed by atoms with van der Waals surface area (Å²) in [6.45, 7) is 6.91. The first-order valence-electron chi connectivity index (χ1n) is 10.8. The minimum absolute atomic E-state index is 0.0151. The number of carbonyl (C=O) groups is 2. The van der Waals surface area contributed by atoms with Crippen molar-refractivity contribution in [3.05, 3.63) is 59.8 Å². The van der Waals surface area contributed by atoms with Gasteiger partial charge in [-0.05, 0) is 61.5 Å². The van der Waals surface area contributed by atoms with Crippen LogP contribution in [0.2, 0.25) is 0 Å². The van der Waals surface area contributed by atoms with Crippen LogP contribution in [-0.2, 0) is 16.0 Å². The van der Waals surface area contributed by atoms with Crippen molar-refractivity contribution in [2.24, 2.45) is 5.92 Å². The Labute approximate surface area is 179 Å². The van der Waals surface area contributed by atoms with Gasteiger partial charge in [0.25, 0.3) is 0 Å². The number of nitrogens with zero attached hydrogens (tertiary/aromatic N) is 2. The molecule has 1 aliphatic rings. The fourth-order valence-corrected chi connectivity index (χ4v) is 3.69. The van der Waals surface area contributed by atoms with Crippen molar-refractivity contribution in [1.29, 1.82) is 0 Å². The van der Waals surface area contributed by atoms with Crippen molar-refractivity contribution in [2.45, 2.75) is 39.0 Å². The van der Waals surface area contributed by atoms with Crippen LogP contribution in [0.25, 0.3) is 0 Å². The second-order valence-corrected chi connectivity index (χ2v) is 8.25. The SMILES string of the molecule is CC(C)c1ccc(CCNC(=O)CN2CCC(C(=O)Nc3ccccn3)CC2)cc1. The summed E-state index contributed by atoms with van der Waals surface area (Å²) in [6.07, 6.45) is 4.01. The number of pyridine rings is 1. The van der Waals surface area contributed by atoms with Gasteiger partial charge < -0.3 is 10.6 Å². The van der Waals surface area contributed by atoms with Gasteiger partial charge in [-0.15, -0.1) is 0 Å². The molecule has 0 spiro atoms. The van der Waals surface area contributed by atoms with Crippen molar-refractivity contribution >= 4 is 17.6 Å². The minimum atomic E-state index is -0.0277. The second kappa shape index (κ2) is 10.9. The van der Waals surface area contributed by atoms with Gasteiger partial charge >= 0.3 is 0 Å². The summed E-state index contributed by atoms with van der Waals surface area (Å²) in [5, 5.41) is 5.89. The van der Waals surface area contributed by atoms with Crippen LogP contribution in [-0.4, -0.2) is 47.9 Å². The first kappa shape index (κ1) is 22.0. The molecule has 2 aromatic rings. The van der Waals surface area contributed by atoms with Crippen molar-refractivity contribution in [2.75, 3.05) is 31.5 Å². The lowest BCUT2D eigenvalue weighted by molar-refractivity contribution is -0.123. The van der Waals surface area contributed by atoms with Gasteiger partial charge in [-0.1, -0.05) is 44.2 Å². The molecular weight excluding hydrogens is 376 g/mol. The fourth-order valence-electron chi connectivity index (χ4n) is 3.69. The van der Waals surface area contributed by atoms with Crippen LogP contribution in [0.5, 0.6) is 0 Å². The number of likely N-dealkylation sites (tertiary alicyclic amines) is 1. The van der Waals surface area contributed by atoms with E-state index in [9.17, 15) is 9.59 Å². The van der Waals surface area contributed by atoms with Gasteiger partial charge in [-0.3, -0.25) is 14.5 Å². The molecule has 1 aromatic heterocycles. The molecule has 6 nitrogen and oxygen atoms in total. The Morgan fingerprint density at radius 2 is 1.83 bits per heavy atom. The average Bonchev–Trinajstić information content (AvgIpc) is 2.75. The average molecular weight is 409 g/mol. The maximum atomic E-state index is 12.4. The molecule has 0 radical (unpaired) electrons. The Kier molecular flexibility index (Phi) is 7.97. The highest BCUT2D eigenvalue weighted by Gasteiger charge is 2.26. The zero-order valence-corrected chi connectivity index (χ0v) is 17.9. The van der Waals surface area contributed by atoms with Crippen LogP contribution in [0, 0.1) is 5.92 Å². The number of benzene rings is 1. The lowest BCUT2D eigenvalue weighted by Crippen LogP contribution is -2.43. The summed E-state index contributed by atoms with van der Waals surface area (Å²) in [7, 11) is 0. The van der Waals surface area contributed by atoms with Crippen molar-refractivity contribution in [3.8, 4) is 0 Å². The third-order valence-electron chi connectivity index (χ3n) is 5.62. The molecule has 0 atom stereocenters. The molecule has 1 saturated heterocycles. The number of anilines is 1. The summed E-state index contributed by atoms with van der Waals surface area (Å²) in [6, 6.07) is 14.1. The van der Waals surface area contributed by atoms with E-state index in [0.29, 0.717) is 24.8 Å². The number of carbonyl (C=O) groups excluding carboxylic acids is 2. The molecule has 0 unspecified atom stereocenters. The van der Waals surface area contributed by atoms with Crippen molar-refractivity contribution < 1.29 is 9.59 Å². The topological polar surface area (TPSA) is 74.3 Å². The maximum absolute atomic E-state index is 12.4. The van der Waals surface area contributed by atoms with E-state index in [1.54, 1.807) is 12.3 Å². The van der Waals surface area contributed by atoms with E-state index < -0.39 is 0 Å². The van der Waals surface area contributed by atoms with E-state index in [1.165, 1.54) is 11.1 Å². The Morgan fingerprint density at radius 3 is 2.47 bits per heavy atom. The molecule has 0 bridgehead atoms. The molecule has 2 N–H and O–H groups in total. The highest BCUT2D eigenvalue weighted by atomic mass is 16.2. The number of aromatic nitrogens is 1. The van der Waals surface area contributed by atoms with Crippen LogP contribution < -0.4 is 10.6 Å². The predicted molar refractivity (Wildman–Crippen MR) is 119 cm³/mol. The fraction of sp³-hybridized carbons (Fsp3) is 0.458. The first-order chi connectivity index (χ1) is 14.5. The minimum Gasteiger partial charge on any atom is -0.355 e. The largest absolute Gasteiger partial charge is 0.355 e. The molecular formula is C24H32N4O2. The second-order valence-electron chi connectivity index (χ2n) is 8.25. The van der Waals surface area contributed by atoms with Crippen LogP contribution in [0.4, 0.5) is 5.82 Å². The van der Waals surface area contributed by atoms with E-state index in [0.717, 1.165) is 32.4 Å². The van der Waals surface area contributed by atoms with Crippen LogP contribution in [0.3, 0.4) is 0 Å². The summed E-state index contributed by atoms with van der Waals surface area (Å²) in [4.78, 5) is 30.9. The third kappa shape index (κ3) is 6.66. The van der Waals surface area contributed by atoms with Gasteiger partial charge in [0, 0.05) is 18.7 Å². The van der Waals surface area contributed by atoms with E-state index >= 15 is 0 Å². The molecule has 0 aliphatic carbocycles. The molecule has 1 aliphatic heterocycles. The number of amides is 2. The lowest BCUT2D eigenvalue weighted by Gasteiger charge is -2.30. The monoisotopic (exact) mass is 408 g/mol. The number of rotatable bonds is 8. The van der Waals surface area contributed by atoms with Crippen molar-refractivity contribution in [1.82, 2.24) is 15.2 Å². The Balaban J connectivity index is 1.33. The quantitative estimate of drug-likeness (QED) is 0.703. The van der Waals surface area contributed by atoms with Crippen LogP contribution in [0.15, 0.2) is 48.7 Å². The van der Waals surface area contributed by atoms with Gasteiger partial charge in [0.1, 0.15) is 5.82 Å². The standard InChI is InChI=1S/C24H32N4O2/c1-18(2)20-8-6-19(7-9-20)10-14-26-23(29)17-28-15-11-21(12-16-28)24(30)27-22-5-3-4-13-25-22/h3-9,13,18,21H,10-12,14-17H2,1-2H3,(H,26,29)(H,25,27,30). The lowest BCUT2D eigenvalue weighted by atomic mass is 9.96. The molecule has 3 rings (SSSR count). The number of hydrogen-bond acceptors (Lipinski definition) is 4. The highest BCUT2D eigenvalue weighted by molar-refractivity contribution is 5.91. The van der Waals surface area contributed by atoms with Crippen LogP contribution in [0.1, 0.15) is 43.7 Å². The van der Waals surface area contributed by atoms with Gasteiger partial charge in [-0.2, -0.15) is 0 Å². The van der Waals surface area contributed by atoms with Gasteiger partial charge in [0.05, 0.1) is 6.54 Å². The maximum Gasteiger partial charge on any atom is 0.234 e. The van der Waals surface area contributed by atoms with Gasteiger partial charge in [0.2, 0.25) is 11.8 Å². The Morgan fingerprint density at radius 1 is 1.10 bits per heavy atom. The summed E-state index contributed by atoms with van der Waals surface area (Å²) >= 11 is 0. The van der Waals surface area contributed by atoms with E-state index in [-0.39, 0.29) is 17.7 Å². The molecule has 30 heavy (non-hydrogen) atoms. The zero-order valence-electron chi connectivity index (χ0n) is 17.9. The van der Waals surface area contributed by atoms with E-state index in [1.807, 2.05) is 12.1 Å². The summed E-state index contributed by atoms with van der Waals surface area (Å²) in [5.74, 6) is 1.15. The van der Waals surface area contributed by atoms with Gasteiger partial charge in [-0.25, -0.2) is 4.98 Å². The summed E-state index contributed by atoms with van der Waals surface area (Å²) in [5.41, 5.74) is 2.57. The van der Waals surface area contributed by atoms with E-state index in [2.05, 4.69) is 58.6 Å². The van der Waals surface area contributed by atoms with E-state index in [4.69, 9.17) is 0 Å². The smallest absolute Gasteiger partial charge is 0.234 e. The number of nitrogens with one attached hydrogen (secondary N) is 2. The zero-order chi connectivity index (χ0) is 21.3. The molecule has 2 heterocycles. The molecule has 1 fully saturated rings. The first-order valence-corrected chi connectivity index (χ1v) is 10.8. The Bertz CT molecular complexity index is 813. The van der Waals surface area contributed by atoms with Crippen molar-refractivity contribution in [3.63, 3.8) is 0 Å².